The molecule has 0 spiro atoms. The van der Waals surface area contributed by atoms with Crippen molar-refractivity contribution >= 4 is 10.0 Å². The SMILES string of the molecule is CCN(C1CCN(Cc2ccccc2)C1)S(=O)(=O)c1ccc(F)c(F)c1F. The predicted octanol–water partition coefficient (Wildman–Crippen LogP) is 3.39. The fraction of sp³-hybridized carbons (Fsp3) is 0.368. The van der Waals surface area contributed by atoms with E-state index >= 15 is 0 Å². The van der Waals surface area contributed by atoms with Crippen LogP contribution in [0.4, 0.5) is 13.2 Å². The molecule has 2 aromatic rings. The van der Waals surface area contributed by atoms with Crippen LogP contribution in [0, 0.1) is 17.5 Å². The van der Waals surface area contributed by atoms with E-state index < -0.39 is 32.4 Å². The van der Waals surface area contributed by atoms with Gasteiger partial charge in [0.25, 0.3) is 0 Å². The molecule has 146 valence electrons. The van der Waals surface area contributed by atoms with Crippen molar-refractivity contribution in [2.24, 2.45) is 0 Å². The Kier molecular flexibility index (Phi) is 5.88. The van der Waals surface area contributed by atoms with Gasteiger partial charge in [-0.25, -0.2) is 21.6 Å². The molecule has 0 aromatic heterocycles. The Hall–Kier alpha value is -1.90. The van der Waals surface area contributed by atoms with E-state index in [-0.39, 0.29) is 12.6 Å². The Balaban J connectivity index is 1.80. The van der Waals surface area contributed by atoms with E-state index in [0.29, 0.717) is 32.1 Å². The molecular weight excluding hydrogens is 377 g/mol. The normalized spacial score (nSPS) is 18.3. The number of likely N-dealkylation sites (N-methyl/N-ethyl adjacent to an activating group) is 1. The lowest BCUT2D eigenvalue weighted by atomic mass is 10.2. The third-order valence-electron chi connectivity index (χ3n) is 4.80. The average Bonchev–Trinajstić information content (AvgIpc) is 3.08. The zero-order valence-corrected chi connectivity index (χ0v) is 15.7. The first-order valence-electron chi connectivity index (χ1n) is 8.76. The quantitative estimate of drug-likeness (QED) is 0.701. The maximum Gasteiger partial charge on any atom is 0.246 e. The Morgan fingerprint density at radius 2 is 1.78 bits per heavy atom. The van der Waals surface area contributed by atoms with Crippen molar-refractivity contribution in [2.45, 2.75) is 30.8 Å². The van der Waals surface area contributed by atoms with Crippen molar-refractivity contribution in [3.63, 3.8) is 0 Å². The number of nitrogens with zero attached hydrogens (tertiary/aromatic N) is 2. The van der Waals surface area contributed by atoms with Crippen molar-refractivity contribution in [1.82, 2.24) is 9.21 Å². The van der Waals surface area contributed by atoms with Gasteiger partial charge in [-0.1, -0.05) is 37.3 Å². The number of halogens is 3. The standard InChI is InChI=1S/C19H21F3N2O2S/c1-2-24(27(25,26)17-9-8-16(20)18(21)19(17)22)15-10-11-23(13-15)12-14-6-4-3-5-7-14/h3-9,15H,2,10-13H2,1H3. The van der Waals surface area contributed by atoms with Crippen LogP contribution in [0.25, 0.3) is 0 Å². The first-order valence-corrected chi connectivity index (χ1v) is 10.2. The molecule has 1 atom stereocenters. The number of sulfonamides is 1. The van der Waals surface area contributed by atoms with E-state index in [1.807, 2.05) is 30.3 Å². The largest absolute Gasteiger partial charge is 0.297 e. The molecule has 8 heteroatoms. The second-order valence-corrected chi connectivity index (χ2v) is 8.40. The van der Waals surface area contributed by atoms with Crippen LogP contribution in [-0.2, 0) is 16.6 Å². The number of hydrogen-bond acceptors (Lipinski definition) is 3. The molecule has 1 aliphatic heterocycles. The molecule has 1 heterocycles. The molecule has 1 aliphatic rings. The Morgan fingerprint density at radius 3 is 2.44 bits per heavy atom. The summed E-state index contributed by atoms with van der Waals surface area (Å²) in [5.41, 5.74) is 1.12. The summed E-state index contributed by atoms with van der Waals surface area (Å²) in [5, 5.41) is 0. The highest BCUT2D eigenvalue weighted by atomic mass is 32.2. The zero-order chi connectivity index (χ0) is 19.6. The van der Waals surface area contributed by atoms with Gasteiger partial charge in [0.05, 0.1) is 0 Å². The Bertz CT molecular complexity index is 907. The fourth-order valence-electron chi connectivity index (χ4n) is 3.49. The maximum absolute atomic E-state index is 14.1. The van der Waals surface area contributed by atoms with Gasteiger partial charge in [0.2, 0.25) is 10.0 Å². The molecular formula is C19H21F3N2O2S. The molecule has 0 aliphatic carbocycles. The van der Waals surface area contributed by atoms with Crippen LogP contribution < -0.4 is 0 Å². The minimum absolute atomic E-state index is 0.116. The van der Waals surface area contributed by atoms with Crippen LogP contribution in [0.5, 0.6) is 0 Å². The first kappa shape index (κ1) is 19.9. The van der Waals surface area contributed by atoms with E-state index in [9.17, 15) is 21.6 Å². The number of hydrogen-bond donors (Lipinski definition) is 0. The second kappa shape index (κ2) is 8.00. The molecule has 0 bridgehead atoms. The summed E-state index contributed by atoms with van der Waals surface area (Å²) in [6.45, 7) is 3.65. The molecule has 4 nitrogen and oxygen atoms in total. The zero-order valence-electron chi connectivity index (χ0n) is 14.9. The molecule has 1 unspecified atom stereocenters. The lowest BCUT2D eigenvalue weighted by molar-refractivity contribution is 0.285. The number of rotatable bonds is 6. The second-order valence-electron chi connectivity index (χ2n) is 6.55. The lowest BCUT2D eigenvalue weighted by Crippen LogP contribution is -2.42. The molecule has 0 saturated carbocycles. The van der Waals surface area contributed by atoms with Crippen molar-refractivity contribution in [2.75, 3.05) is 19.6 Å². The minimum atomic E-state index is -4.28. The van der Waals surface area contributed by atoms with Gasteiger partial charge in [0, 0.05) is 32.2 Å². The molecule has 3 rings (SSSR count). The van der Waals surface area contributed by atoms with Crippen molar-refractivity contribution < 1.29 is 21.6 Å². The summed E-state index contributed by atoms with van der Waals surface area (Å²) in [6.07, 6.45) is 0.588. The van der Waals surface area contributed by atoms with E-state index in [1.54, 1.807) is 6.92 Å². The van der Waals surface area contributed by atoms with Crippen LogP contribution >= 0.6 is 0 Å². The van der Waals surface area contributed by atoms with Crippen LogP contribution in [0.1, 0.15) is 18.9 Å². The van der Waals surface area contributed by atoms with Gasteiger partial charge >= 0.3 is 0 Å². The summed E-state index contributed by atoms with van der Waals surface area (Å²) in [5.74, 6) is -4.86. The molecule has 1 saturated heterocycles. The molecule has 0 amide bonds. The lowest BCUT2D eigenvalue weighted by Gasteiger charge is -2.27. The summed E-state index contributed by atoms with van der Waals surface area (Å²) in [7, 11) is -4.28. The Labute approximate surface area is 157 Å². The van der Waals surface area contributed by atoms with E-state index in [2.05, 4.69) is 4.90 Å². The third-order valence-corrected chi connectivity index (χ3v) is 6.85. The van der Waals surface area contributed by atoms with Crippen molar-refractivity contribution in [1.29, 1.82) is 0 Å². The monoisotopic (exact) mass is 398 g/mol. The highest BCUT2D eigenvalue weighted by Crippen LogP contribution is 2.27. The van der Waals surface area contributed by atoms with Crippen LogP contribution in [0.3, 0.4) is 0 Å². The maximum atomic E-state index is 14.1. The van der Waals surface area contributed by atoms with Gasteiger partial charge in [-0.05, 0) is 24.1 Å². The van der Waals surface area contributed by atoms with Gasteiger partial charge in [-0.2, -0.15) is 4.31 Å². The fourth-order valence-corrected chi connectivity index (χ4v) is 5.20. The van der Waals surface area contributed by atoms with E-state index in [4.69, 9.17) is 0 Å². The highest BCUT2D eigenvalue weighted by Gasteiger charge is 2.37. The van der Waals surface area contributed by atoms with Gasteiger partial charge < -0.3 is 0 Å². The smallest absolute Gasteiger partial charge is 0.246 e. The van der Waals surface area contributed by atoms with Crippen LogP contribution in [-0.4, -0.2) is 43.3 Å². The molecule has 1 fully saturated rings. The summed E-state index contributed by atoms with van der Waals surface area (Å²) >= 11 is 0. The topological polar surface area (TPSA) is 40.6 Å². The number of likely N-dealkylation sites (tertiary alicyclic amines) is 1. The van der Waals surface area contributed by atoms with Gasteiger partial charge in [-0.15, -0.1) is 0 Å². The molecule has 0 N–H and O–H groups in total. The summed E-state index contributed by atoms with van der Waals surface area (Å²) < 4.78 is 67.7. The first-order chi connectivity index (χ1) is 12.8. The van der Waals surface area contributed by atoms with Gasteiger partial charge in [0.1, 0.15) is 4.90 Å². The van der Waals surface area contributed by atoms with E-state index in [0.717, 1.165) is 11.6 Å². The van der Waals surface area contributed by atoms with Crippen molar-refractivity contribution in [3.8, 4) is 0 Å². The molecule has 2 aromatic carbocycles. The van der Waals surface area contributed by atoms with Gasteiger partial charge in [0.15, 0.2) is 17.5 Å². The highest BCUT2D eigenvalue weighted by molar-refractivity contribution is 7.89. The van der Waals surface area contributed by atoms with Crippen molar-refractivity contribution in [3.05, 3.63) is 65.5 Å². The van der Waals surface area contributed by atoms with Crippen LogP contribution in [0.2, 0.25) is 0 Å². The Morgan fingerprint density at radius 1 is 1.07 bits per heavy atom. The van der Waals surface area contributed by atoms with Crippen LogP contribution in [0.15, 0.2) is 47.4 Å². The summed E-state index contributed by atoms with van der Waals surface area (Å²) in [6, 6.07) is 10.9. The summed E-state index contributed by atoms with van der Waals surface area (Å²) in [4.78, 5) is 1.30. The minimum Gasteiger partial charge on any atom is -0.297 e. The number of benzene rings is 2. The average molecular weight is 398 g/mol. The predicted molar refractivity (Wildman–Crippen MR) is 96.0 cm³/mol. The molecule has 27 heavy (non-hydrogen) atoms. The molecule has 0 radical (unpaired) electrons. The van der Waals surface area contributed by atoms with Gasteiger partial charge in [-0.3, -0.25) is 4.90 Å². The third kappa shape index (κ3) is 4.02. The van der Waals surface area contributed by atoms with E-state index in [1.165, 1.54) is 4.31 Å².